The smallest absolute Gasteiger partial charge is 0.272 e. The van der Waals surface area contributed by atoms with Gasteiger partial charge in [0.25, 0.3) is 5.91 Å². The van der Waals surface area contributed by atoms with Crippen LogP contribution in [-0.2, 0) is 23.5 Å². The molecule has 1 aromatic heterocycles. The van der Waals surface area contributed by atoms with Crippen LogP contribution in [0.5, 0.6) is 0 Å². The lowest BCUT2D eigenvalue weighted by Crippen LogP contribution is -2.41. The second kappa shape index (κ2) is 7.68. The number of fused-ring (bicyclic) bond motifs is 1. The van der Waals surface area contributed by atoms with Crippen molar-refractivity contribution in [2.75, 3.05) is 5.32 Å². The Morgan fingerprint density at radius 1 is 1.52 bits per heavy atom. The molecule has 29 heavy (non-hydrogen) atoms. The molecule has 2 aromatic rings. The number of aliphatic hydroxyl groups excluding tert-OH is 1. The van der Waals surface area contributed by atoms with Crippen LogP contribution in [-0.4, -0.2) is 36.1 Å². The third kappa shape index (κ3) is 3.87. The molecule has 1 aliphatic rings. The van der Waals surface area contributed by atoms with Gasteiger partial charge in [-0.25, -0.2) is 17.5 Å². The van der Waals surface area contributed by atoms with Crippen molar-refractivity contribution < 1.29 is 22.7 Å². The molecule has 0 fully saturated rings. The maximum absolute atomic E-state index is 13.5. The predicted molar refractivity (Wildman–Crippen MR) is 102 cm³/mol. The van der Waals surface area contributed by atoms with Crippen molar-refractivity contribution in [3.8, 4) is 18.4 Å². The van der Waals surface area contributed by atoms with E-state index in [-0.39, 0.29) is 40.2 Å². The molecule has 1 aliphatic heterocycles. The minimum Gasteiger partial charge on any atom is -0.379 e. The number of carbonyl (C=O) groups is 1. The summed E-state index contributed by atoms with van der Waals surface area (Å²) in [5.41, 5.74) is 0.348. The topological polar surface area (TPSA) is 124 Å². The maximum Gasteiger partial charge on any atom is 0.272 e. The van der Waals surface area contributed by atoms with Gasteiger partial charge >= 0.3 is 0 Å². The van der Waals surface area contributed by atoms with Crippen LogP contribution in [0, 0.1) is 29.5 Å². The second-order valence-corrected chi connectivity index (χ2v) is 8.25. The van der Waals surface area contributed by atoms with E-state index >= 15 is 0 Å². The third-order valence-corrected chi connectivity index (χ3v) is 6.20. The molecule has 8 nitrogen and oxygen atoms in total. The Bertz CT molecular complexity index is 1170. The summed E-state index contributed by atoms with van der Waals surface area (Å²) in [4.78, 5) is 12.8. The monoisotopic (exact) mass is 416 g/mol. The number of benzene rings is 1. The lowest BCUT2D eigenvalue weighted by atomic mass is 10.0. The lowest BCUT2D eigenvalue weighted by molar-refractivity contribution is 0.101. The number of terminal acetylenes is 1. The number of sulfonamides is 1. The molecule has 1 aromatic carbocycles. The summed E-state index contributed by atoms with van der Waals surface area (Å²) in [5.74, 6) is 0.773. The first kappa shape index (κ1) is 20.6. The highest BCUT2D eigenvalue weighted by Crippen LogP contribution is 2.28. The van der Waals surface area contributed by atoms with E-state index in [1.807, 2.05) is 0 Å². The van der Waals surface area contributed by atoms with E-state index in [4.69, 9.17) is 11.7 Å². The summed E-state index contributed by atoms with van der Waals surface area (Å²) < 4.78 is 42.6. The number of nitrogens with one attached hydrogen (secondary N) is 2. The summed E-state index contributed by atoms with van der Waals surface area (Å²) in [5, 5.41) is 21.3. The van der Waals surface area contributed by atoms with Gasteiger partial charge in [0.15, 0.2) is 0 Å². The predicted octanol–water partition coefficient (Wildman–Crippen LogP) is 0.875. The number of hydrogen-bond acceptors (Lipinski definition) is 5. The van der Waals surface area contributed by atoms with Crippen molar-refractivity contribution >= 4 is 21.6 Å². The fourth-order valence-corrected chi connectivity index (χ4v) is 4.85. The minimum atomic E-state index is -4.01. The van der Waals surface area contributed by atoms with Crippen LogP contribution in [0.2, 0.25) is 0 Å². The van der Waals surface area contributed by atoms with E-state index in [9.17, 15) is 22.7 Å². The number of rotatable bonds is 3. The number of anilines is 1. The van der Waals surface area contributed by atoms with Crippen molar-refractivity contribution in [3.63, 3.8) is 0 Å². The number of hydrogen-bond donors (Lipinski definition) is 3. The Balaban J connectivity index is 1.97. The highest BCUT2D eigenvalue weighted by Gasteiger charge is 2.34. The van der Waals surface area contributed by atoms with Crippen LogP contribution < -0.4 is 10.0 Å². The Labute approximate surface area is 167 Å². The molecule has 0 radical (unpaired) electrons. The molecule has 150 valence electrons. The summed E-state index contributed by atoms with van der Waals surface area (Å²) >= 11 is 0. The highest BCUT2D eigenvalue weighted by atomic mass is 32.2. The molecule has 2 atom stereocenters. The molecule has 0 saturated heterocycles. The first-order chi connectivity index (χ1) is 13.7. The van der Waals surface area contributed by atoms with Gasteiger partial charge in [-0.05, 0) is 31.0 Å². The van der Waals surface area contributed by atoms with Gasteiger partial charge in [0.2, 0.25) is 10.0 Å². The Morgan fingerprint density at radius 3 is 2.90 bits per heavy atom. The first-order valence-electron chi connectivity index (χ1n) is 8.53. The minimum absolute atomic E-state index is 0.0753. The second-order valence-electron chi connectivity index (χ2n) is 6.57. The van der Waals surface area contributed by atoms with E-state index in [0.29, 0.717) is 0 Å². The van der Waals surface area contributed by atoms with E-state index in [0.717, 1.165) is 6.07 Å². The quantitative estimate of drug-likeness (QED) is 0.641. The number of aryl methyl sites for hydroxylation is 1. The Morgan fingerprint density at radius 2 is 2.24 bits per heavy atom. The number of amides is 1. The van der Waals surface area contributed by atoms with E-state index < -0.39 is 33.9 Å². The van der Waals surface area contributed by atoms with Gasteiger partial charge in [-0.3, -0.25) is 4.79 Å². The molecule has 0 bridgehead atoms. The SMILES string of the molecule is C#C[C@@H](O)[C@@H]1CCc2c(cn(C)c2C(=O)Nc2ccc(F)c(C#N)c2)S(=O)(=O)N1. The average Bonchev–Trinajstić information content (AvgIpc) is 2.96. The van der Waals surface area contributed by atoms with Crippen molar-refractivity contribution in [2.24, 2.45) is 7.05 Å². The molecule has 3 rings (SSSR count). The molecule has 10 heteroatoms. The van der Waals surface area contributed by atoms with Gasteiger partial charge in [0.1, 0.15) is 28.6 Å². The van der Waals surface area contributed by atoms with Crippen molar-refractivity contribution in [1.29, 1.82) is 5.26 Å². The van der Waals surface area contributed by atoms with Crippen LogP contribution in [0.3, 0.4) is 0 Å². The fraction of sp³-hybridized carbons (Fsp3) is 0.263. The first-order valence-corrected chi connectivity index (χ1v) is 10.0. The molecule has 0 unspecified atom stereocenters. The van der Waals surface area contributed by atoms with Crippen LogP contribution in [0.4, 0.5) is 10.1 Å². The number of halogens is 1. The molecule has 0 spiro atoms. The number of aliphatic hydroxyl groups is 1. The van der Waals surface area contributed by atoms with Crippen LogP contribution in [0.15, 0.2) is 29.3 Å². The number of carbonyl (C=O) groups excluding carboxylic acids is 1. The van der Waals surface area contributed by atoms with E-state index in [1.165, 1.54) is 29.9 Å². The molecule has 3 N–H and O–H groups in total. The van der Waals surface area contributed by atoms with E-state index in [1.54, 1.807) is 6.07 Å². The zero-order chi connectivity index (χ0) is 21.3. The standard InChI is InChI=1S/C19H17FN4O4S/c1-3-16(25)15-7-5-13-17(29(27,28)23-15)10-24(2)18(13)19(26)22-12-4-6-14(20)11(8-12)9-21/h1,4,6,8,10,15-16,23,25H,5,7H2,2H3,(H,22,26)/t15-,16+/m0/s1. The van der Waals surface area contributed by atoms with Gasteiger partial charge in [-0.1, -0.05) is 5.92 Å². The number of nitrogens with zero attached hydrogens (tertiary/aromatic N) is 2. The number of aromatic nitrogens is 1. The largest absolute Gasteiger partial charge is 0.379 e. The molecule has 0 aliphatic carbocycles. The highest BCUT2D eigenvalue weighted by molar-refractivity contribution is 7.89. The van der Waals surface area contributed by atoms with Gasteiger partial charge in [-0.15, -0.1) is 6.42 Å². The summed E-state index contributed by atoms with van der Waals surface area (Å²) in [6.07, 6.45) is 5.57. The lowest BCUT2D eigenvalue weighted by Gasteiger charge is -2.17. The molecule has 2 heterocycles. The van der Waals surface area contributed by atoms with Crippen LogP contribution >= 0.6 is 0 Å². The van der Waals surface area contributed by atoms with Gasteiger partial charge in [0, 0.05) is 24.5 Å². The number of nitriles is 1. The Hall–Kier alpha value is -3.18. The normalized spacial score (nSPS) is 18.6. The van der Waals surface area contributed by atoms with E-state index in [2.05, 4.69) is 16.0 Å². The third-order valence-electron chi connectivity index (χ3n) is 4.66. The average molecular weight is 416 g/mol. The van der Waals surface area contributed by atoms with Crippen molar-refractivity contribution in [1.82, 2.24) is 9.29 Å². The van der Waals surface area contributed by atoms with Gasteiger partial charge in [-0.2, -0.15) is 5.26 Å². The van der Waals surface area contributed by atoms with Crippen LogP contribution in [0.1, 0.15) is 28.0 Å². The maximum atomic E-state index is 13.5. The molecular formula is C19H17FN4O4S. The zero-order valence-electron chi connectivity index (χ0n) is 15.3. The molecular weight excluding hydrogens is 399 g/mol. The zero-order valence-corrected chi connectivity index (χ0v) is 16.1. The fourth-order valence-electron chi connectivity index (χ4n) is 3.26. The van der Waals surface area contributed by atoms with Crippen molar-refractivity contribution in [2.45, 2.75) is 29.9 Å². The summed E-state index contributed by atoms with van der Waals surface area (Å²) in [6.45, 7) is 0. The molecule has 0 saturated carbocycles. The van der Waals surface area contributed by atoms with Crippen LogP contribution in [0.25, 0.3) is 0 Å². The summed E-state index contributed by atoms with van der Waals surface area (Å²) in [7, 11) is -2.48. The van der Waals surface area contributed by atoms with Gasteiger partial charge in [0.05, 0.1) is 11.6 Å². The van der Waals surface area contributed by atoms with Crippen molar-refractivity contribution in [3.05, 3.63) is 47.0 Å². The summed E-state index contributed by atoms with van der Waals surface area (Å²) in [6, 6.07) is 4.35. The van der Waals surface area contributed by atoms with Gasteiger partial charge < -0.3 is 15.0 Å². The Kier molecular flexibility index (Phi) is 5.44. The molecule has 1 amide bonds.